The monoisotopic (exact) mass is 480 g/mol. The summed E-state index contributed by atoms with van der Waals surface area (Å²) >= 11 is 9.74. The van der Waals surface area contributed by atoms with E-state index in [9.17, 15) is 9.59 Å². The molecule has 0 heterocycles. The molecule has 2 aromatic rings. The predicted octanol–water partition coefficient (Wildman–Crippen LogP) is 4.73. The van der Waals surface area contributed by atoms with Crippen molar-refractivity contribution in [1.29, 1.82) is 0 Å². The van der Waals surface area contributed by atoms with Gasteiger partial charge in [0.25, 0.3) is 5.91 Å². The molecule has 1 N–H and O–H groups in total. The molecule has 0 fully saturated rings. The zero-order chi connectivity index (χ0) is 21.4. The van der Waals surface area contributed by atoms with Gasteiger partial charge in [-0.05, 0) is 55.7 Å². The van der Waals surface area contributed by atoms with Gasteiger partial charge < -0.3 is 15.0 Å². The molecule has 0 aromatic heterocycles. The van der Waals surface area contributed by atoms with Crippen LogP contribution in [0.3, 0.4) is 0 Å². The molecular formula is C22H26BrClN2O3. The molecule has 7 heteroatoms. The van der Waals surface area contributed by atoms with Gasteiger partial charge in [0.2, 0.25) is 5.91 Å². The van der Waals surface area contributed by atoms with Crippen LogP contribution < -0.4 is 10.1 Å². The van der Waals surface area contributed by atoms with Crippen molar-refractivity contribution in [3.8, 4) is 5.75 Å². The van der Waals surface area contributed by atoms with Gasteiger partial charge in [0.05, 0.1) is 0 Å². The Morgan fingerprint density at radius 2 is 1.93 bits per heavy atom. The van der Waals surface area contributed by atoms with Crippen LogP contribution >= 0.6 is 27.5 Å². The summed E-state index contributed by atoms with van der Waals surface area (Å²) in [5, 5.41) is 3.36. The Morgan fingerprint density at radius 1 is 1.21 bits per heavy atom. The van der Waals surface area contributed by atoms with Crippen LogP contribution in [0.25, 0.3) is 0 Å². The van der Waals surface area contributed by atoms with Gasteiger partial charge >= 0.3 is 0 Å². The number of nitrogens with one attached hydrogen (secondary N) is 1. The zero-order valence-electron chi connectivity index (χ0n) is 16.9. The van der Waals surface area contributed by atoms with Gasteiger partial charge in [-0.3, -0.25) is 9.59 Å². The van der Waals surface area contributed by atoms with Gasteiger partial charge in [-0.15, -0.1) is 0 Å². The summed E-state index contributed by atoms with van der Waals surface area (Å²) < 4.78 is 6.68. The van der Waals surface area contributed by atoms with Crippen LogP contribution in [0.5, 0.6) is 5.75 Å². The molecule has 2 amide bonds. The summed E-state index contributed by atoms with van der Waals surface area (Å²) in [6.45, 7) is 6.25. The van der Waals surface area contributed by atoms with E-state index in [0.717, 1.165) is 15.6 Å². The minimum absolute atomic E-state index is 0.165. The first kappa shape index (κ1) is 23.2. The Kier molecular flexibility index (Phi) is 8.99. The number of hydrogen-bond donors (Lipinski definition) is 1. The molecule has 0 radical (unpaired) electrons. The highest BCUT2D eigenvalue weighted by Crippen LogP contribution is 2.23. The molecule has 2 aromatic carbocycles. The molecule has 0 saturated carbocycles. The summed E-state index contributed by atoms with van der Waals surface area (Å²) in [4.78, 5) is 27.2. The zero-order valence-corrected chi connectivity index (χ0v) is 19.2. The van der Waals surface area contributed by atoms with Gasteiger partial charge in [0, 0.05) is 22.6 Å². The summed E-state index contributed by atoms with van der Waals surface area (Å²) in [5.74, 6) is 0.140. The van der Waals surface area contributed by atoms with E-state index in [4.69, 9.17) is 16.3 Å². The summed E-state index contributed by atoms with van der Waals surface area (Å²) in [5.41, 5.74) is 1.79. The third-order valence-corrected chi connectivity index (χ3v) is 5.79. The van der Waals surface area contributed by atoms with E-state index in [1.165, 1.54) is 4.90 Å². The number of benzene rings is 2. The van der Waals surface area contributed by atoms with Crippen molar-refractivity contribution in [3.63, 3.8) is 0 Å². The number of carbonyl (C=O) groups excluding carboxylic acids is 2. The lowest BCUT2D eigenvalue weighted by Crippen LogP contribution is -2.50. The van der Waals surface area contributed by atoms with E-state index in [0.29, 0.717) is 23.7 Å². The van der Waals surface area contributed by atoms with Crippen molar-refractivity contribution >= 4 is 39.3 Å². The average Bonchev–Trinajstić information content (AvgIpc) is 2.70. The standard InChI is InChI=1S/C22H26BrClN2O3/c1-4-20(22(28)25-5-2)26(13-16-8-6-7-9-19(16)24)21(27)14-29-17-10-11-18(23)15(3)12-17/h6-12,20H,4-5,13-14H2,1-3H3,(H,25,28)/t20-/m0/s1. The van der Waals surface area contributed by atoms with E-state index in [1.54, 1.807) is 12.1 Å². The summed E-state index contributed by atoms with van der Waals surface area (Å²) in [6, 6.07) is 12.2. The number of ether oxygens (including phenoxy) is 1. The number of rotatable bonds is 9. The highest BCUT2D eigenvalue weighted by Gasteiger charge is 2.29. The van der Waals surface area contributed by atoms with Crippen molar-refractivity contribution in [2.24, 2.45) is 0 Å². The maximum atomic E-state index is 13.1. The number of likely N-dealkylation sites (N-methyl/N-ethyl adjacent to an activating group) is 1. The van der Waals surface area contributed by atoms with Crippen LogP contribution in [0.2, 0.25) is 5.02 Å². The second-order valence-electron chi connectivity index (χ2n) is 6.63. The Balaban J connectivity index is 2.22. The molecule has 0 spiro atoms. The SMILES string of the molecule is CCNC(=O)[C@H](CC)N(Cc1ccccc1Cl)C(=O)COc1ccc(Br)c(C)c1. The Morgan fingerprint density at radius 3 is 2.55 bits per heavy atom. The number of carbonyl (C=O) groups is 2. The number of amides is 2. The topological polar surface area (TPSA) is 58.6 Å². The van der Waals surface area contributed by atoms with Gasteiger partial charge in [0.15, 0.2) is 6.61 Å². The van der Waals surface area contributed by atoms with E-state index >= 15 is 0 Å². The lowest BCUT2D eigenvalue weighted by atomic mass is 10.1. The van der Waals surface area contributed by atoms with Crippen LogP contribution in [0, 0.1) is 6.92 Å². The third-order valence-electron chi connectivity index (χ3n) is 4.53. The summed E-state index contributed by atoms with van der Waals surface area (Å²) in [6.07, 6.45) is 0.486. The van der Waals surface area contributed by atoms with Crippen LogP contribution in [0.4, 0.5) is 0 Å². The highest BCUT2D eigenvalue weighted by atomic mass is 79.9. The molecule has 0 aliphatic heterocycles. The lowest BCUT2D eigenvalue weighted by molar-refractivity contribution is -0.142. The molecular weight excluding hydrogens is 456 g/mol. The lowest BCUT2D eigenvalue weighted by Gasteiger charge is -2.30. The largest absolute Gasteiger partial charge is 0.484 e. The van der Waals surface area contributed by atoms with Crippen molar-refractivity contribution in [2.45, 2.75) is 39.8 Å². The Bertz CT molecular complexity index is 860. The first-order chi connectivity index (χ1) is 13.9. The van der Waals surface area contributed by atoms with Gasteiger partial charge in [0.1, 0.15) is 11.8 Å². The third kappa shape index (κ3) is 6.47. The van der Waals surface area contributed by atoms with Crippen molar-refractivity contribution in [3.05, 3.63) is 63.1 Å². The minimum atomic E-state index is -0.603. The van der Waals surface area contributed by atoms with Crippen LogP contribution in [-0.4, -0.2) is 35.9 Å². The average molecular weight is 482 g/mol. The Hall–Kier alpha value is -2.05. The first-order valence-electron chi connectivity index (χ1n) is 9.56. The maximum absolute atomic E-state index is 13.1. The minimum Gasteiger partial charge on any atom is -0.484 e. The summed E-state index contributed by atoms with van der Waals surface area (Å²) in [7, 11) is 0. The van der Waals surface area contributed by atoms with E-state index in [1.807, 2.05) is 51.1 Å². The maximum Gasteiger partial charge on any atom is 0.261 e. The van der Waals surface area contributed by atoms with Gasteiger partial charge in [-0.2, -0.15) is 0 Å². The second kappa shape index (κ2) is 11.2. The number of hydrogen-bond acceptors (Lipinski definition) is 3. The molecule has 5 nitrogen and oxygen atoms in total. The number of halogens is 2. The fraction of sp³-hybridized carbons (Fsp3) is 0.364. The quantitative estimate of drug-likeness (QED) is 0.563. The van der Waals surface area contributed by atoms with Crippen molar-refractivity contribution in [1.82, 2.24) is 10.2 Å². The fourth-order valence-corrected chi connectivity index (χ4v) is 3.40. The molecule has 0 aliphatic rings. The molecule has 156 valence electrons. The van der Waals surface area contributed by atoms with Crippen molar-refractivity contribution < 1.29 is 14.3 Å². The van der Waals surface area contributed by atoms with E-state index in [2.05, 4.69) is 21.2 Å². The van der Waals surface area contributed by atoms with Crippen molar-refractivity contribution in [2.75, 3.05) is 13.2 Å². The molecule has 0 bridgehead atoms. The van der Waals surface area contributed by atoms with Crippen LogP contribution in [-0.2, 0) is 16.1 Å². The highest BCUT2D eigenvalue weighted by molar-refractivity contribution is 9.10. The smallest absolute Gasteiger partial charge is 0.261 e. The van der Waals surface area contributed by atoms with Gasteiger partial charge in [-0.1, -0.05) is 52.7 Å². The number of nitrogens with zero attached hydrogens (tertiary/aromatic N) is 1. The number of aryl methyl sites for hydroxylation is 1. The fourth-order valence-electron chi connectivity index (χ4n) is 2.96. The predicted molar refractivity (Wildman–Crippen MR) is 119 cm³/mol. The molecule has 0 saturated heterocycles. The molecule has 0 aliphatic carbocycles. The van der Waals surface area contributed by atoms with Crippen LogP contribution in [0.1, 0.15) is 31.4 Å². The Labute approximate surface area is 185 Å². The van der Waals surface area contributed by atoms with Crippen LogP contribution in [0.15, 0.2) is 46.9 Å². The van der Waals surface area contributed by atoms with Gasteiger partial charge in [-0.25, -0.2) is 0 Å². The van der Waals surface area contributed by atoms with E-state index < -0.39 is 6.04 Å². The first-order valence-corrected chi connectivity index (χ1v) is 10.7. The second-order valence-corrected chi connectivity index (χ2v) is 7.89. The van der Waals surface area contributed by atoms with E-state index in [-0.39, 0.29) is 25.0 Å². The molecule has 0 unspecified atom stereocenters. The molecule has 29 heavy (non-hydrogen) atoms. The molecule has 2 rings (SSSR count). The molecule has 1 atom stereocenters. The normalized spacial score (nSPS) is 11.6.